The molecule has 0 saturated heterocycles. The monoisotopic (exact) mass is 566 g/mol. The number of fused-ring (bicyclic) bond motifs is 1. The third-order valence-electron chi connectivity index (χ3n) is 6.10. The average molecular weight is 567 g/mol. The second kappa shape index (κ2) is 12.2. The molecule has 1 aliphatic rings. The number of amides is 3. The molecule has 0 fully saturated rings. The fourth-order valence-corrected chi connectivity index (χ4v) is 4.41. The average Bonchev–Trinajstić information content (AvgIpc) is 3.56. The molecule has 1 atom stereocenters. The molecular formula is C29H34N4O8. The van der Waals surface area contributed by atoms with Crippen molar-refractivity contribution in [3.63, 3.8) is 0 Å². The molecule has 12 heteroatoms. The van der Waals surface area contributed by atoms with Gasteiger partial charge in [0.25, 0.3) is 0 Å². The first-order valence-electron chi connectivity index (χ1n) is 13.0. The first kappa shape index (κ1) is 29.2. The molecule has 0 aliphatic carbocycles. The zero-order valence-electron chi connectivity index (χ0n) is 23.9. The second-order valence-corrected chi connectivity index (χ2v) is 10.4. The molecule has 41 heavy (non-hydrogen) atoms. The maximum atomic E-state index is 14.0. The minimum atomic E-state index is -1.20. The second-order valence-electron chi connectivity index (χ2n) is 10.4. The fraction of sp³-hybridized carbons (Fsp3) is 0.379. The summed E-state index contributed by atoms with van der Waals surface area (Å²) in [7, 11) is 2.95. The molecule has 0 bridgehead atoms. The van der Waals surface area contributed by atoms with Gasteiger partial charge in [0.05, 0.1) is 14.2 Å². The number of carbonyl (C=O) groups excluding carboxylic acids is 3. The summed E-state index contributed by atoms with van der Waals surface area (Å²) >= 11 is 0. The minimum Gasteiger partial charge on any atom is -0.493 e. The van der Waals surface area contributed by atoms with Crippen molar-refractivity contribution in [1.29, 1.82) is 0 Å². The molecule has 0 unspecified atom stereocenters. The van der Waals surface area contributed by atoms with Gasteiger partial charge in [0.2, 0.25) is 24.5 Å². The molecule has 12 nitrogen and oxygen atoms in total. The lowest BCUT2D eigenvalue weighted by Crippen LogP contribution is -2.49. The predicted octanol–water partition coefficient (Wildman–Crippen LogP) is 4.14. The molecular weight excluding hydrogens is 532 g/mol. The highest BCUT2D eigenvalue weighted by atomic mass is 16.7. The Kier molecular flexibility index (Phi) is 8.70. The van der Waals surface area contributed by atoms with Gasteiger partial charge in [-0.1, -0.05) is 17.3 Å². The topological polar surface area (TPSA) is 141 Å². The van der Waals surface area contributed by atoms with Crippen LogP contribution < -0.4 is 34.5 Å². The number of carbonyl (C=O) groups is 3. The van der Waals surface area contributed by atoms with Crippen LogP contribution in [0.1, 0.15) is 51.0 Å². The highest BCUT2D eigenvalue weighted by Crippen LogP contribution is 2.42. The molecule has 4 rings (SSSR count). The van der Waals surface area contributed by atoms with Gasteiger partial charge in [-0.05, 0) is 45.9 Å². The van der Waals surface area contributed by atoms with E-state index in [0.717, 1.165) is 0 Å². The normalized spacial score (nSPS) is 12.8. The molecule has 1 aliphatic heterocycles. The van der Waals surface area contributed by atoms with Gasteiger partial charge in [-0.3, -0.25) is 19.3 Å². The Labute approximate surface area is 237 Å². The molecule has 218 valence electrons. The number of ether oxygens (including phenoxy) is 4. The van der Waals surface area contributed by atoms with Crippen LogP contribution in [0, 0.1) is 6.92 Å². The number of aromatic nitrogens is 1. The van der Waals surface area contributed by atoms with Crippen LogP contribution in [0.25, 0.3) is 0 Å². The quantitative estimate of drug-likeness (QED) is 0.370. The summed E-state index contributed by atoms with van der Waals surface area (Å²) < 4.78 is 27.1. The summed E-state index contributed by atoms with van der Waals surface area (Å²) in [4.78, 5) is 42.0. The number of anilines is 2. The Morgan fingerprint density at radius 2 is 1.78 bits per heavy atom. The van der Waals surface area contributed by atoms with Crippen molar-refractivity contribution in [1.82, 2.24) is 10.5 Å². The smallest absolute Gasteiger partial charge is 0.248 e. The number of nitrogens with one attached hydrogen (secondary N) is 2. The maximum absolute atomic E-state index is 14.0. The zero-order chi connectivity index (χ0) is 29.7. The first-order valence-corrected chi connectivity index (χ1v) is 13.0. The number of methoxy groups -OCH3 is 2. The lowest BCUT2D eigenvalue weighted by molar-refractivity contribution is -0.128. The van der Waals surface area contributed by atoms with Crippen molar-refractivity contribution in [2.75, 3.05) is 31.2 Å². The van der Waals surface area contributed by atoms with E-state index < -0.39 is 29.3 Å². The minimum absolute atomic E-state index is 0.0338. The number of benzene rings is 2. The number of rotatable bonds is 10. The van der Waals surface area contributed by atoms with Crippen LogP contribution >= 0.6 is 0 Å². The highest BCUT2D eigenvalue weighted by molar-refractivity contribution is 6.03. The van der Waals surface area contributed by atoms with E-state index in [4.69, 9.17) is 23.5 Å². The molecule has 0 radical (unpaired) electrons. The molecule has 0 saturated carbocycles. The Morgan fingerprint density at radius 3 is 2.44 bits per heavy atom. The van der Waals surface area contributed by atoms with Crippen molar-refractivity contribution in [2.45, 2.75) is 52.1 Å². The van der Waals surface area contributed by atoms with E-state index in [1.54, 1.807) is 49.4 Å². The number of hydrogen-bond acceptors (Lipinski definition) is 9. The summed E-state index contributed by atoms with van der Waals surface area (Å²) in [5, 5.41) is 9.35. The van der Waals surface area contributed by atoms with E-state index in [-0.39, 0.29) is 25.5 Å². The standard InChI is InChI=1S/C29H34N4O8/c1-17-14-23(32-41-17)30-24(34)12-13-25(35)33(18-10-11-20-22(15-18)40-16-39-20)26(28(36)31-29(2,3)4)19-8-7-9-21(37-5)27(19)38-6/h7-11,14-15,26H,12-13,16H2,1-6H3,(H,31,36)(H,30,32,34)/t26-/m1/s1. The van der Waals surface area contributed by atoms with Crippen LogP contribution in [-0.4, -0.2) is 49.4 Å². The summed E-state index contributed by atoms with van der Waals surface area (Å²) in [6, 6.07) is 10.4. The summed E-state index contributed by atoms with van der Waals surface area (Å²) in [6.45, 7) is 7.26. The SMILES string of the molecule is COc1cccc([C@H](C(=O)NC(C)(C)C)N(C(=O)CCC(=O)Nc2cc(C)on2)c2ccc3c(c2)OCO3)c1OC. The predicted molar refractivity (Wildman–Crippen MR) is 149 cm³/mol. The Hall–Kier alpha value is -4.74. The molecule has 0 spiro atoms. The molecule has 2 N–H and O–H groups in total. The molecule has 2 heterocycles. The number of nitrogens with zero attached hydrogens (tertiary/aromatic N) is 2. The Balaban J connectivity index is 1.76. The van der Waals surface area contributed by atoms with Crippen molar-refractivity contribution >= 4 is 29.2 Å². The van der Waals surface area contributed by atoms with E-state index in [1.807, 2.05) is 20.8 Å². The van der Waals surface area contributed by atoms with Gasteiger partial charge in [0.1, 0.15) is 11.8 Å². The lowest BCUT2D eigenvalue weighted by Gasteiger charge is -2.34. The summed E-state index contributed by atoms with van der Waals surface area (Å²) in [6.07, 6.45) is -0.392. The molecule has 2 aromatic carbocycles. The van der Waals surface area contributed by atoms with Crippen molar-refractivity contribution in [2.24, 2.45) is 0 Å². The van der Waals surface area contributed by atoms with Gasteiger partial charge < -0.3 is 34.1 Å². The largest absolute Gasteiger partial charge is 0.493 e. The van der Waals surface area contributed by atoms with E-state index in [1.165, 1.54) is 19.1 Å². The van der Waals surface area contributed by atoms with Crippen molar-refractivity contribution in [3.05, 3.63) is 53.8 Å². The number of aryl methyl sites for hydroxylation is 1. The number of para-hydroxylation sites is 1. The molecule has 3 aromatic rings. The van der Waals surface area contributed by atoms with E-state index in [2.05, 4.69) is 15.8 Å². The molecule has 1 aromatic heterocycles. The van der Waals surface area contributed by atoms with Crippen LogP contribution in [0.2, 0.25) is 0 Å². The maximum Gasteiger partial charge on any atom is 0.248 e. The number of hydrogen-bond donors (Lipinski definition) is 2. The Bertz CT molecular complexity index is 1430. The van der Waals surface area contributed by atoms with E-state index in [9.17, 15) is 14.4 Å². The van der Waals surface area contributed by atoms with Gasteiger partial charge in [0, 0.05) is 41.8 Å². The van der Waals surface area contributed by atoms with Gasteiger partial charge in [0.15, 0.2) is 28.8 Å². The molecule has 3 amide bonds. The first-order chi connectivity index (χ1) is 19.5. The fourth-order valence-electron chi connectivity index (χ4n) is 4.41. The lowest BCUT2D eigenvalue weighted by atomic mass is 9.98. The van der Waals surface area contributed by atoms with E-state index in [0.29, 0.717) is 40.0 Å². The Morgan fingerprint density at radius 1 is 1.02 bits per heavy atom. The third-order valence-corrected chi connectivity index (χ3v) is 6.10. The van der Waals surface area contributed by atoms with Crippen LogP contribution in [0.15, 0.2) is 47.0 Å². The highest BCUT2D eigenvalue weighted by Gasteiger charge is 2.37. The zero-order valence-corrected chi connectivity index (χ0v) is 23.9. The summed E-state index contributed by atoms with van der Waals surface area (Å²) in [5.41, 5.74) is 0.133. The van der Waals surface area contributed by atoms with Crippen LogP contribution in [0.5, 0.6) is 23.0 Å². The van der Waals surface area contributed by atoms with Crippen molar-refractivity contribution in [3.8, 4) is 23.0 Å². The van der Waals surface area contributed by atoms with E-state index >= 15 is 0 Å². The van der Waals surface area contributed by atoms with Gasteiger partial charge in [-0.2, -0.15) is 0 Å². The summed E-state index contributed by atoms with van der Waals surface area (Å²) in [5.74, 6) is 1.01. The van der Waals surface area contributed by atoms with Gasteiger partial charge >= 0.3 is 0 Å². The van der Waals surface area contributed by atoms with Gasteiger partial charge in [-0.25, -0.2) is 0 Å². The van der Waals surface area contributed by atoms with Crippen LogP contribution in [0.4, 0.5) is 11.5 Å². The third kappa shape index (κ3) is 6.89. The van der Waals surface area contributed by atoms with Crippen LogP contribution in [0.3, 0.4) is 0 Å². The van der Waals surface area contributed by atoms with Crippen molar-refractivity contribution < 1.29 is 37.9 Å². The van der Waals surface area contributed by atoms with Crippen LogP contribution in [-0.2, 0) is 14.4 Å². The van der Waals surface area contributed by atoms with Gasteiger partial charge in [-0.15, -0.1) is 0 Å².